The van der Waals surface area contributed by atoms with E-state index in [0.717, 1.165) is 5.25 Å². The molecule has 1 nitrogen and oxygen atoms in total. The van der Waals surface area contributed by atoms with Gasteiger partial charge in [-0.2, -0.15) is 11.8 Å². The summed E-state index contributed by atoms with van der Waals surface area (Å²) < 4.78 is 1.52. The second-order valence-corrected chi connectivity index (χ2v) is 7.94. The Labute approximate surface area is 111 Å². The molecule has 16 heavy (non-hydrogen) atoms. The van der Waals surface area contributed by atoms with Crippen LogP contribution in [-0.2, 0) is 0 Å². The molecule has 0 radical (unpaired) electrons. The van der Waals surface area contributed by atoms with E-state index < -0.39 is 0 Å². The topological polar surface area (TPSA) is 12.0 Å². The first kappa shape index (κ1) is 12.8. The number of hydrogen-bond acceptors (Lipinski definition) is 4. The molecule has 1 N–H and O–H groups in total. The lowest BCUT2D eigenvalue weighted by molar-refractivity contribution is 0.448. The lowest BCUT2D eigenvalue weighted by Crippen LogP contribution is -2.34. The van der Waals surface area contributed by atoms with E-state index in [1.807, 2.05) is 34.9 Å². The van der Waals surface area contributed by atoms with Crippen molar-refractivity contribution in [1.82, 2.24) is 5.32 Å². The van der Waals surface area contributed by atoms with Crippen LogP contribution in [0.15, 0.2) is 15.7 Å². The first-order valence-corrected chi connectivity index (χ1v) is 8.85. The molecule has 4 heteroatoms. The van der Waals surface area contributed by atoms with Gasteiger partial charge in [-0.1, -0.05) is 6.92 Å². The molecule has 1 aliphatic rings. The Kier molecular flexibility index (Phi) is 4.65. The smallest absolute Gasteiger partial charge is 0.0649 e. The molecule has 0 spiro atoms. The fourth-order valence-electron chi connectivity index (χ4n) is 2.15. The maximum atomic E-state index is 3.76. The third-order valence-corrected chi connectivity index (χ3v) is 5.99. The van der Waals surface area contributed by atoms with E-state index in [2.05, 4.69) is 36.9 Å². The van der Waals surface area contributed by atoms with E-state index in [-0.39, 0.29) is 0 Å². The Hall–Kier alpha value is 0.360. The summed E-state index contributed by atoms with van der Waals surface area (Å²) in [5.41, 5.74) is 1.53. The molecule has 3 atom stereocenters. The Morgan fingerprint density at radius 1 is 1.62 bits per heavy atom. The minimum Gasteiger partial charge on any atom is -0.307 e. The zero-order valence-corrected chi connectivity index (χ0v) is 12.5. The summed E-state index contributed by atoms with van der Waals surface area (Å²) >= 11 is 5.84. The lowest BCUT2D eigenvalue weighted by Gasteiger charge is -2.30. The molecule has 0 saturated carbocycles. The quantitative estimate of drug-likeness (QED) is 0.890. The zero-order valence-electron chi connectivity index (χ0n) is 10.0. The third kappa shape index (κ3) is 2.97. The third-order valence-electron chi connectivity index (χ3n) is 2.81. The molecule has 0 fully saturated rings. The van der Waals surface area contributed by atoms with Crippen LogP contribution in [0.3, 0.4) is 0 Å². The van der Waals surface area contributed by atoms with Crippen molar-refractivity contribution in [3.63, 3.8) is 0 Å². The van der Waals surface area contributed by atoms with Gasteiger partial charge in [0.05, 0.1) is 4.21 Å². The fraction of sp³-hybridized carbons (Fsp3) is 0.667. The van der Waals surface area contributed by atoms with Gasteiger partial charge in [0, 0.05) is 23.1 Å². The van der Waals surface area contributed by atoms with Gasteiger partial charge in [0.2, 0.25) is 0 Å². The molecule has 90 valence electrons. The number of hydrogen-bond donors (Lipinski definition) is 1. The highest BCUT2D eigenvalue weighted by molar-refractivity contribution is 8.01. The summed E-state index contributed by atoms with van der Waals surface area (Å²) in [6.07, 6.45) is 3.43. The predicted octanol–water partition coefficient (Wildman–Crippen LogP) is 4.01. The minimum absolute atomic E-state index is 0.569. The van der Waals surface area contributed by atoms with E-state index in [1.165, 1.54) is 21.9 Å². The minimum atomic E-state index is 0.569. The van der Waals surface area contributed by atoms with Gasteiger partial charge >= 0.3 is 0 Å². The highest BCUT2D eigenvalue weighted by Crippen LogP contribution is 2.43. The molecule has 2 heterocycles. The summed E-state index contributed by atoms with van der Waals surface area (Å²) in [5.74, 6) is 1.19. The Bertz CT molecular complexity index is 337. The van der Waals surface area contributed by atoms with E-state index in [4.69, 9.17) is 0 Å². The molecule has 2 unspecified atom stereocenters. The summed E-state index contributed by atoms with van der Waals surface area (Å²) in [4.78, 5) is 0. The molecule has 1 aromatic heterocycles. The molecule has 2 rings (SSSR count). The Morgan fingerprint density at radius 2 is 2.44 bits per heavy atom. The Morgan fingerprint density at radius 3 is 3.19 bits per heavy atom. The average Bonchev–Trinajstić information content (AvgIpc) is 2.65. The molecular formula is C12H19NS3. The summed E-state index contributed by atoms with van der Waals surface area (Å²) in [5, 5.41) is 6.73. The van der Waals surface area contributed by atoms with Gasteiger partial charge in [0.1, 0.15) is 0 Å². The average molecular weight is 273 g/mol. The standard InChI is InChI=1S/C12H19NS3/c1-8(7-14-3)13-11-6-9(2)16-12-10(11)4-5-15-12/h4-5,8-9,11,13H,6-7H2,1-3H3/t8?,9-,11?/m0/s1. The summed E-state index contributed by atoms with van der Waals surface area (Å²) in [7, 11) is 0. The number of rotatable bonds is 4. The van der Waals surface area contributed by atoms with Crippen LogP contribution in [0.2, 0.25) is 0 Å². The van der Waals surface area contributed by atoms with Gasteiger partial charge in [-0.3, -0.25) is 0 Å². The predicted molar refractivity (Wildman–Crippen MR) is 78.0 cm³/mol. The van der Waals surface area contributed by atoms with Gasteiger partial charge in [0.25, 0.3) is 0 Å². The van der Waals surface area contributed by atoms with Crippen LogP contribution in [0.4, 0.5) is 0 Å². The molecule has 0 bridgehead atoms. The van der Waals surface area contributed by atoms with Crippen molar-refractivity contribution in [2.24, 2.45) is 0 Å². The van der Waals surface area contributed by atoms with Crippen molar-refractivity contribution < 1.29 is 0 Å². The second kappa shape index (κ2) is 5.80. The molecule has 0 saturated heterocycles. The van der Waals surface area contributed by atoms with Crippen molar-refractivity contribution in [2.75, 3.05) is 12.0 Å². The highest BCUT2D eigenvalue weighted by atomic mass is 32.2. The van der Waals surface area contributed by atoms with Crippen molar-refractivity contribution in [2.45, 2.75) is 41.8 Å². The van der Waals surface area contributed by atoms with E-state index in [9.17, 15) is 0 Å². The van der Waals surface area contributed by atoms with E-state index >= 15 is 0 Å². The van der Waals surface area contributed by atoms with Gasteiger partial charge in [-0.05, 0) is 36.6 Å². The van der Waals surface area contributed by atoms with Crippen LogP contribution in [0.5, 0.6) is 0 Å². The van der Waals surface area contributed by atoms with Crippen LogP contribution in [-0.4, -0.2) is 23.3 Å². The number of thiophene rings is 1. The summed E-state index contributed by atoms with van der Waals surface area (Å²) in [6.45, 7) is 4.62. The van der Waals surface area contributed by atoms with Gasteiger partial charge in [-0.25, -0.2) is 0 Å². The largest absolute Gasteiger partial charge is 0.307 e. The van der Waals surface area contributed by atoms with Crippen molar-refractivity contribution >= 4 is 34.9 Å². The van der Waals surface area contributed by atoms with Gasteiger partial charge in [0.15, 0.2) is 0 Å². The maximum Gasteiger partial charge on any atom is 0.0649 e. The van der Waals surface area contributed by atoms with Crippen molar-refractivity contribution in [1.29, 1.82) is 0 Å². The summed E-state index contributed by atoms with van der Waals surface area (Å²) in [6, 6.07) is 3.46. The van der Waals surface area contributed by atoms with Crippen LogP contribution in [0.1, 0.15) is 31.9 Å². The van der Waals surface area contributed by atoms with Crippen LogP contribution < -0.4 is 5.32 Å². The zero-order chi connectivity index (χ0) is 11.5. The Balaban J connectivity index is 2.05. The first-order valence-electron chi connectivity index (χ1n) is 5.69. The van der Waals surface area contributed by atoms with Crippen molar-refractivity contribution in [3.8, 4) is 0 Å². The molecule has 0 aromatic carbocycles. The van der Waals surface area contributed by atoms with Crippen LogP contribution >= 0.6 is 34.9 Å². The fourth-order valence-corrected chi connectivity index (χ4v) is 5.31. The normalized spacial score (nSPS) is 26.4. The number of nitrogens with one attached hydrogen (secondary N) is 1. The van der Waals surface area contributed by atoms with E-state index in [1.54, 1.807) is 0 Å². The number of thioether (sulfide) groups is 2. The molecule has 1 aromatic rings. The molecule has 1 aliphatic heterocycles. The monoisotopic (exact) mass is 273 g/mol. The SMILES string of the molecule is CSCC(C)NC1C[C@H](C)Sc2sccc21. The number of fused-ring (bicyclic) bond motifs is 1. The molecule has 0 amide bonds. The van der Waals surface area contributed by atoms with Crippen LogP contribution in [0.25, 0.3) is 0 Å². The highest BCUT2D eigenvalue weighted by Gasteiger charge is 2.26. The second-order valence-electron chi connectivity index (χ2n) is 4.40. The first-order chi connectivity index (χ1) is 7.70. The molecular weight excluding hydrogens is 254 g/mol. The maximum absolute atomic E-state index is 3.76. The molecule has 0 aliphatic carbocycles. The van der Waals surface area contributed by atoms with Gasteiger partial charge in [-0.15, -0.1) is 23.1 Å². The van der Waals surface area contributed by atoms with Crippen LogP contribution in [0, 0.1) is 0 Å². The lowest BCUT2D eigenvalue weighted by atomic mass is 10.0. The van der Waals surface area contributed by atoms with E-state index in [0.29, 0.717) is 12.1 Å². The van der Waals surface area contributed by atoms with Crippen molar-refractivity contribution in [3.05, 3.63) is 17.0 Å². The van der Waals surface area contributed by atoms with Gasteiger partial charge < -0.3 is 5.32 Å².